The van der Waals surface area contributed by atoms with E-state index in [9.17, 15) is 4.79 Å². The van der Waals surface area contributed by atoms with E-state index < -0.39 is 0 Å². The molecule has 0 atom stereocenters. The summed E-state index contributed by atoms with van der Waals surface area (Å²) in [6.45, 7) is 6.54. The molecule has 1 fully saturated rings. The molecule has 0 saturated carbocycles. The molecule has 0 amide bonds. The van der Waals surface area contributed by atoms with Gasteiger partial charge in [0.15, 0.2) is 0 Å². The number of piperazine rings is 1. The molecule has 0 radical (unpaired) electrons. The van der Waals surface area contributed by atoms with Crippen LogP contribution in [0, 0.1) is 0 Å². The van der Waals surface area contributed by atoms with E-state index in [1.165, 1.54) is 7.11 Å². The molecule has 1 saturated heterocycles. The molecule has 42 heavy (non-hydrogen) atoms. The van der Waals surface area contributed by atoms with Gasteiger partial charge < -0.3 is 23.7 Å². The van der Waals surface area contributed by atoms with Gasteiger partial charge in [-0.3, -0.25) is 9.69 Å². The Labute approximate surface area is 248 Å². The van der Waals surface area contributed by atoms with Crippen molar-refractivity contribution in [1.82, 2.24) is 19.4 Å². The van der Waals surface area contributed by atoms with Crippen LogP contribution in [0.4, 0.5) is 5.82 Å². The van der Waals surface area contributed by atoms with Crippen molar-refractivity contribution < 1.29 is 19.0 Å². The monoisotopic (exact) mass is 571 g/mol. The highest BCUT2D eigenvalue weighted by atomic mass is 16.5. The number of aromatic nitrogens is 3. The van der Waals surface area contributed by atoms with Gasteiger partial charge in [0, 0.05) is 57.0 Å². The molecule has 2 aromatic carbocycles. The van der Waals surface area contributed by atoms with Gasteiger partial charge in [-0.2, -0.15) is 0 Å². The van der Waals surface area contributed by atoms with Crippen LogP contribution in [0.5, 0.6) is 11.5 Å². The van der Waals surface area contributed by atoms with Gasteiger partial charge in [-0.25, -0.2) is 9.97 Å². The van der Waals surface area contributed by atoms with Gasteiger partial charge in [0.2, 0.25) is 0 Å². The average molecular weight is 572 g/mol. The molecule has 0 spiro atoms. The maximum atomic E-state index is 11.3. The zero-order chi connectivity index (χ0) is 29.1. The molecule has 1 aliphatic heterocycles. The highest BCUT2D eigenvalue weighted by Crippen LogP contribution is 2.29. The lowest BCUT2D eigenvalue weighted by atomic mass is 10.2. The summed E-state index contributed by atoms with van der Waals surface area (Å²) in [4.78, 5) is 25.8. The van der Waals surface area contributed by atoms with Crippen LogP contribution in [-0.4, -0.2) is 79.0 Å². The van der Waals surface area contributed by atoms with Crippen LogP contribution in [0.1, 0.15) is 32.1 Å². The van der Waals surface area contributed by atoms with Gasteiger partial charge in [-0.15, -0.1) is 0 Å². The number of imidazole rings is 1. The summed E-state index contributed by atoms with van der Waals surface area (Å²) in [5.41, 5.74) is 3.09. The van der Waals surface area contributed by atoms with Gasteiger partial charge in [-0.1, -0.05) is 6.07 Å². The number of nitrogens with zero attached hydrogens (tertiary/aromatic N) is 5. The number of pyridine rings is 1. The van der Waals surface area contributed by atoms with Crippen LogP contribution in [-0.2, 0) is 16.1 Å². The van der Waals surface area contributed by atoms with Crippen molar-refractivity contribution in [3.63, 3.8) is 0 Å². The van der Waals surface area contributed by atoms with Gasteiger partial charge >= 0.3 is 5.97 Å². The first kappa shape index (κ1) is 29.4. The summed E-state index contributed by atoms with van der Waals surface area (Å²) in [6.07, 6.45) is 5.96. The average Bonchev–Trinajstić information content (AvgIpc) is 3.41. The third-order valence-electron chi connectivity index (χ3n) is 7.79. The lowest BCUT2D eigenvalue weighted by Gasteiger charge is -2.35. The molecule has 222 valence electrons. The van der Waals surface area contributed by atoms with Crippen LogP contribution >= 0.6 is 0 Å². The minimum atomic E-state index is -0.158. The molecule has 9 nitrogen and oxygen atoms in total. The van der Waals surface area contributed by atoms with Crippen LogP contribution in [0.25, 0.3) is 22.4 Å². The second-order valence-corrected chi connectivity index (χ2v) is 10.6. The number of fused-ring (bicyclic) bond motifs is 1. The molecule has 4 aromatic rings. The molecule has 3 heterocycles. The topological polar surface area (TPSA) is 82.0 Å². The number of hydrogen-bond acceptors (Lipinski definition) is 8. The molecule has 0 bridgehead atoms. The standard InChI is InChI=1S/C33H41N5O4/c1-40-27-13-11-26(12-14-27)33-35-29-16-15-28(42-24-7-3-4-10-32(39)41-2)25-30(29)38(33)19-8-18-36-20-22-37(23-21-36)31-9-5-6-17-34-31/h5-6,9,11-17,25H,3-4,7-8,10,18-24H2,1-2H3. The number of hydrogen-bond donors (Lipinski definition) is 0. The third-order valence-corrected chi connectivity index (χ3v) is 7.79. The Hall–Kier alpha value is -4.11. The highest BCUT2D eigenvalue weighted by Gasteiger charge is 2.19. The molecule has 0 unspecified atom stereocenters. The van der Waals surface area contributed by atoms with E-state index in [0.29, 0.717) is 13.0 Å². The quantitative estimate of drug-likeness (QED) is 0.146. The number of anilines is 1. The van der Waals surface area contributed by atoms with E-state index in [-0.39, 0.29) is 5.97 Å². The summed E-state index contributed by atoms with van der Waals surface area (Å²) >= 11 is 0. The zero-order valence-electron chi connectivity index (χ0n) is 24.7. The number of ether oxygens (including phenoxy) is 3. The molecule has 5 rings (SSSR count). The first-order chi connectivity index (χ1) is 20.6. The summed E-state index contributed by atoms with van der Waals surface area (Å²) in [6, 6.07) is 20.3. The number of carbonyl (C=O) groups excluding carboxylic acids is 1. The van der Waals surface area contributed by atoms with Crippen molar-refractivity contribution in [1.29, 1.82) is 0 Å². The number of carbonyl (C=O) groups is 1. The maximum Gasteiger partial charge on any atom is 0.305 e. The molecular weight excluding hydrogens is 530 g/mol. The lowest BCUT2D eigenvalue weighted by molar-refractivity contribution is -0.140. The van der Waals surface area contributed by atoms with Gasteiger partial charge in [0.25, 0.3) is 0 Å². The number of benzene rings is 2. The largest absolute Gasteiger partial charge is 0.497 e. The molecule has 9 heteroatoms. The van der Waals surface area contributed by atoms with Crippen molar-refractivity contribution >= 4 is 22.8 Å². The predicted molar refractivity (Wildman–Crippen MR) is 165 cm³/mol. The third kappa shape index (κ3) is 7.59. The summed E-state index contributed by atoms with van der Waals surface area (Å²) in [5.74, 6) is 3.52. The van der Waals surface area contributed by atoms with E-state index in [4.69, 9.17) is 19.2 Å². The number of methoxy groups -OCH3 is 2. The van der Waals surface area contributed by atoms with E-state index in [1.54, 1.807) is 7.11 Å². The Balaban J connectivity index is 1.24. The zero-order valence-corrected chi connectivity index (χ0v) is 24.7. The van der Waals surface area contributed by atoms with Crippen LogP contribution in [0.3, 0.4) is 0 Å². The number of aryl methyl sites for hydroxylation is 1. The van der Waals surface area contributed by atoms with Gasteiger partial charge in [0.05, 0.1) is 31.9 Å². The summed E-state index contributed by atoms with van der Waals surface area (Å²) in [5, 5.41) is 0. The van der Waals surface area contributed by atoms with Crippen molar-refractivity contribution in [2.24, 2.45) is 0 Å². The van der Waals surface area contributed by atoms with Crippen molar-refractivity contribution in [3.8, 4) is 22.9 Å². The summed E-state index contributed by atoms with van der Waals surface area (Å²) < 4.78 is 18.5. The molecule has 1 aliphatic rings. The number of rotatable bonds is 14. The first-order valence-corrected chi connectivity index (χ1v) is 14.9. The smallest absolute Gasteiger partial charge is 0.305 e. The Kier molecular flexibility index (Phi) is 10.3. The Morgan fingerprint density at radius 3 is 2.40 bits per heavy atom. The highest BCUT2D eigenvalue weighted by molar-refractivity contribution is 5.82. The fourth-order valence-electron chi connectivity index (χ4n) is 5.41. The maximum absolute atomic E-state index is 11.3. The van der Waals surface area contributed by atoms with Gasteiger partial charge in [-0.05, 0) is 80.8 Å². The van der Waals surface area contributed by atoms with E-state index >= 15 is 0 Å². The molecular formula is C33H41N5O4. The van der Waals surface area contributed by atoms with Crippen LogP contribution in [0.15, 0.2) is 66.9 Å². The fraction of sp³-hybridized carbons (Fsp3) is 0.424. The fourth-order valence-corrected chi connectivity index (χ4v) is 5.41. The predicted octanol–water partition coefficient (Wildman–Crippen LogP) is 5.43. The van der Waals surface area contributed by atoms with E-state index in [1.807, 2.05) is 36.5 Å². The van der Waals surface area contributed by atoms with E-state index in [0.717, 1.165) is 105 Å². The second kappa shape index (κ2) is 14.7. The van der Waals surface area contributed by atoms with Crippen molar-refractivity contribution in [2.45, 2.75) is 38.6 Å². The second-order valence-electron chi connectivity index (χ2n) is 10.6. The normalized spacial score (nSPS) is 13.8. The molecule has 0 aliphatic carbocycles. The van der Waals surface area contributed by atoms with Crippen molar-refractivity contribution in [2.75, 3.05) is 58.5 Å². The lowest BCUT2D eigenvalue weighted by Crippen LogP contribution is -2.47. The SMILES string of the molecule is COC(=O)CCCCCOc1ccc2nc(-c3ccc(OC)cc3)n(CCCN3CCN(c4ccccn4)CC3)c2c1. The van der Waals surface area contributed by atoms with Gasteiger partial charge in [0.1, 0.15) is 23.1 Å². The summed E-state index contributed by atoms with van der Waals surface area (Å²) in [7, 11) is 3.11. The molecule has 0 N–H and O–H groups in total. The van der Waals surface area contributed by atoms with Crippen LogP contribution < -0.4 is 14.4 Å². The van der Waals surface area contributed by atoms with E-state index in [2.05, 4.69) is 49.7 Å². The Bertz CT molecular complexity index is 1420. The number of unbranched alkanes of at least 4 members (excludes halogenated alkanes) is 2. The Morgan fingerprint density at radius 1 is 0.857 bits per heavy atom. The van der Waals surface area contributed by atoms with Crippen LogP contribution in [0.2, 0.25) is 0 Å². The minimum Gasteiger partial charge on any atom is -0.497 e. The Morgan fingerprint density at radius 2 is 1.67 bits per heavy atom. The van der Waals surface area contributed by atoms with Crippen molar-refractivity contribution in [3.05, 3.63) is 66.9 Å². The molecule has 2 aromatic heterocycles. The minimum absolute atomic E-state index is 0.158. The number of esters is 1. The first-order valence-electron chi connectivity index (χ1n) is 14.9.